The van der Waals surface area contributed by atoms with Crippen LogP contribution in [0.2, 0.25) is 0 Å². The van der Waals surface area contributed by atoms with Gasteiger partial charge < -0.3 is 24.8 Å². The molecule has 0 aliphatic carbocycles. The Morgan fingerprint density at radius 3 is 2.91 bits per heavy atom. The van der Waals surface area contributed by atoms with Crippen molar-refractivity contribution in [2.75, 3.05) is 39.5 Å². The summed E-state index contributed by atoms with van der Waals surface area (Å²) in [4.78, 5) is 24.9. The lowest BCUT2D eigenvalue weighted by Gasteiger charge is -2.34. The topological polar surface area (TPSA) is 88.1 Å². The number of urea groups is 1. The minimum absolute atomic E-state index is 0.179. The lowest BCUT2D eigenvalue weighted by Crippen LogP contribution is -2.49. The third kappa shape index (κ3) is 5.99. The first-order valence-corrected chi connectivity index (χ1v) is 8.51. The lowest BCUT2D eigenvalue weighted by atomic mass is 9.91. The standard InChI is InChI=1S/C16H28N2O5/c1-12-8-13(15(19)20)10-18(9-12)16(21)17-5-3-6-22-11-14-4-2-7-23-14/h12-14H,2-11H2,1H3,(H,17,21)(H,19,20). The number of likely N-dealkylation sites (tertiary alicyclic amines) is 1. The van der Waals surface area contributed by atoms with E-state index >= 15 is 0 Å². The van der Waals surface area contributed by atoms with Crippen LogP contribution in [0.4, 0.5) is 4.79 Å². The van der Waals surface area contributed by atoms with E-state index in [1.54, 1.807) is 4.90 Å². The molecule has 0 saturated carbocycles. The Labute approximate surface area is 137 Å². The molecule has 0 aromatic carbocycles. The van der Waals surface area contributed by atoms with Gasteiger partial charge in [0.1, 0.15) is 0 Å². The molecule has 0 aromatic heterocycles. The van der Waals surface area contributed by atoms with Gasteiger partial charge in [-0.2, -0.15) is 0 Å². The molecule has 2 fully saturated rings. The van der Waals surface area contributed by atoms with Crippen molar-refractivity contribution in [3.63, 3.8) is 0 Å². The molecule has 0 bridgehead atoms. The second-order valence-electron chi connectivity index (χ2n) is 6.58. The fraction of sp³-hybridized carbons (Fsp3) is 0.875. The molecular weight excluding hydrogens is 300 g/mol. The Morgan fingerprint density at radius 1 is 1.39 bits per heavy atom. The van der Waals surface area contributed by atoms with Gasteiger partial charge in [-0.3, -0.25) is 4.79 Å². The van der Waals surface area contributed by atoms with Crippen molar-refractivity contribution in [3.8, 4) is 0 Å². The molecule has 2 saturated heterocycles. The molecule has 3 atom stereocenters. The molecule has 2 rings (SSSR count). The number of hydrogen-bond acceptors (Lipinski definition) is 4. The van der Waals surface area contributed by atoms with Crippen LogP contribution in [0.25, 0.3) is 0 Å². The fourth-order valence-corrected chi connectivity index (χ4v) is 3.17. The molecule has 2 amide bonds. The summed E-state index contributed by atoms with van der Waals surface area (Å²) in [5, 5.41) is 12.0. The second-order valence-corrected chi connectivity index (χ2v) is 6.58. The number of carbonyl (C=O) groups excluding carboxylic acids is 1. The monoisotopic (exact) mass is 328 g/mol. The normalized spacial score (nSPS) is 27.9. The highest BCUT2D eigenvalue weighted by Crippen LogP contribution is 2.21. The lowest BCUT2D eigenvalue weighted by molar-refractivity contribution is -0.143. The van der Waals surface area contributed by atoms with Crippen LogP contribution in [0.5, 0.6) is 0 Å². The van der Waals surface area contributed by atoms with E-state index in [1.807, 2.05) is 6.92 Å². The second kappa shape index (κ2) is 9.08. The van der Waals surface area contributed by atoms with E-state index in [-0.39, 0.29) is 18.1 Å². The van der Waals surface area contributed by atoms with Gasteiger partial charge in [0.15, 0.2) is 0 Å². The Hall–Kier alpha value is -1.34. The van der Waals surface area contributed by atoms with Gasteiger partial charge in [-0.1, -0.05) is 6.92 Å². The van der Waals surface area contributed by atoms with Gasteiger partial charge >= 0.3 is 12.0 Å². The van der Waals surface area contributed by atoms with Crippen LogP contribution >= 0.6 is 0 Å². The van der Waals surface area contributed by atoms with Crippen LogP contribution < -0.4 is 5.32 Å². The number of nitrogens with one attached hydrogen (secondary N) is 1. The number of nitrogens with zero attached hydrogens (tertiary/aromatic N) is 1. The number of piperidine rings is 1. The number of carboxylic acid groups (broad SMARTS) is 1. The molecule has 2 aliphatic heterocycles. The number of carboxylic acids is 1. The first kappa shape index (κ1) is 18.0. The molecule has 0 spiro atoms. The summed E-state index contributed by atoms with van der Waals surface area (Å²) < 4.78 is 11.0. The Kier molecular flexibility index (Phi) is 7.11. The van der Waals surface area contributed by atoms with E-state index in [0.29, 0.717) is 39.3 Å². The minimum atomic E-state index is -0.822. The maximum absolute atomic E-state index is 12.1. The van der Waals surface area contributed by atoms with E-state index in [9.17, 15) is 9.59 Å². The number of aliphatic carboxylic acids is 1. The van der Waals surface area contributed by atoms with Gasteiger partial charge in [0.2, 0.25) is 0 Å². The Morgan fingerprint density at radius 2 is 2.22 bits per heavy atom. The summed E-state index contributed by atoms with van der Waals surface area (Å²) in [6, 6.07) is -0.179. The van der Waals surface area contributed by atoms with Gasteiger partial charge in [0.25, 0.3) is 0 Å². The third-order valence-electron chi connectivity index (χ3n) is 4.37. The van der Waals surface area contributed by atoms with Crippen molar-refractivity contribution in [2.24, 2.45) is 11.8 Å². The zero-order valence-electron chi connectivity index (χ0n) is 13.8. The molecule has 0 radical (unpaired) electrons. The van der Waals surface area contributed by atoms with E-state index in [2.05, 4.69) is 5.32 Å². The molecule has 23 heavy (non-hydrogen) atoms. The number of carbonyl (C=O) groups is 2. The number of ether oxygens (including phenoxy) is 2. The van der Waals surface area contributed by atoms with Crippen molar-refractivity contribution >= 4 is 12.0 Å². The number of rotatable bonds is 7. The maximum Gasteiger partial charge on any atom is 0.317 e. The summed E-state index contributed by atoms with van der Waals surface area (Å²) in [6.45, 7) is 5.47. The van der Waals surface area contributed by atoms with Crippen LogP contribution in [0.15, 0.2) is 0 Å². The van der Waals surface area contributed by atoms with E-state index in [0.717, 1.165) is 25.9 Å². The molecule has 0 aromatic rings. The Balaban J connectivity index is 1.57. The molecule has 2 N–H and O–H groups in total. The van der Waals surface area contributed by atoms with Crippen LogP contribution in [0, 0.1) is 11.8 Å². The maximum atomic E-state index is 12.1. The average molecular weight is 328 g/mol. The van der Waals surface area contributed by atoms with Crippen LogP contribution in [0.1, 0.15) is 32.6 Å². The summed E-state index contributed by atoms with van der Waals surface area (Å²) in [7, 11) is 0. The van der Waals surface area contributed by atoms with Crippen LogP contribution in [-0.4, -0.2) is 67.6 Å². The van der Waals surface area contributed by atoms with Gasteiger partial charge in [-0.05, 0) is 31.6 Å². The van der Waals surface area contributed by atoms with Gasteiger partial charge in [-0.15, -0.1) is 0 Å². The largest absolute Gasteiger partial charge is 0.481 e. The molecule has 7 nitrogen and oxygen atoms in total. The van der Waals surface area contributed by atoms with Crippen molar-refractivity contribution in [1.29, 1.82) is 0 Å². The first-order valence-electron chi connectivity index (χ1n) is 8.51. The summed E-state index contributed by atoms with van der Waals surface area (Å²) in [6.07, 6.45) is 3.78. The zero-order chi connectivity index (χ0) is 16.7. The molecule has 2 aliphatic rings. The van der Waals surface area contributed by atoms with E-state index in [1.165, 1.54) is 0 Å². The molecule has 3 unspecified atom stereocenters. The van der Waals surface area contributed by atoms with Crippen molar-refractivity contribution in [1.82, 2.24) is 10.2 Å². The van der Waals surface area contributed by atoms with Crippen molar-refractivity contribution in [3.05, 3.63) is 0 Å². The van der Waals surface area contributed by atoms with Gasteiger partial charge in [0.05, 0.1) is 18.6 Å². The van der Waals surface area contributed by atoms with Gasteiger partial charge in [0, 0.05) is 32.8 Å². The predicted molar refractivity (Wildman–Crippen MR) is 84.3 cm³/mol. The smallest absolute Gasteiger partial charge is 0.317 e. The highest BCUT2D eigenvalue weighted by Gasteiger charge is 2.31. The third-order valence-corrected chi connectivity index (χ3v) is 4.37. The SMILES string of the molecule is CC1CC(C(=O)O)CN(C(=O)NCCCOCC2CCCO2)C1. The van der Waals surface area contributed by atoms with E-state index in [4.69, 9.17) is 14.6 Å². The summed E-state index contributed by atoms with van der Waals surface area (Å²) >= 11 is 0. The highest BCUT2D eigenvalue weighted by molar-refractivity contribution is 5.76. The molecular formula is C16H28N2O5. The molecule has 7 heteroatoms. The van der Waals surface area contributed by atoms with Crippen molar-refractivity contribution < 1.29 is 24.2 Å². The Bertz CT molecular complexity index is 398. The van der Waals surface area contributed by atoms with Crippen LogP contribution in [0.3, 0.4) is 0 Å². The molecule has 2 heterocycles. The quantitative estimate of drug-likeness (QED) is 0.688. The molecule has 132 valence electrons. The summed E-state index contributed by atoms with van der Waals surface area (Å²) in [5.74, 6) is -1.07. The van der Waals surface area contributed by atoms with E-state index < -0.39 is 11.9 Å². The number of amides is 2. The number of hydrogen-bond donors (Lipinski definition) is 2. The van der Waals surface area contributed by atoms with Gasteiger partial charge in [-0.25, -0.2) is 4.79 Å². The first-order chi connectivity index (χ1) is 11.1. The van der Waals surface area contributed by atoms with Crippen molar-refractivity contribution in [2.45, 2.75) is 38.7 Å². The predicted octanol–water partition coefficient (Wildman–Crippen LogP) is 1.32. The zero-order valence-corrected chi connectivity index (χ0v) is 13.8. The fourth-order valence-electron chi connectivity index (χ4n) is 3.17. The minimum Gasteiger partial charge on any atom is -0.481 e. The average Bonchev–Trinajstić information content (AvgIpc) is 3.03. The van der Waals surface area contributed by atoms with Crippen LogP contribution in [-0.2, 0) is 14.3 Å². The summed E-state index contributed by atoms with van der Waals surface area (Å²) in [5.41, 5.74) is 0. The highest BCUT2D eigenvalue weighted by atomic mass is 16.5.